The highest BCUT2D eigenvalue weighted by molar-refractivity contribution is 5.90. The average Bonchev–Trinajstić information content (AvgIpc) is 2.91. The highest BCUT2D eigenvalue weighted by Gasteiger charge is 2.55. The summed E-state index contributed by atoms with van der Waals surface area (Å²) in [5.41, 5.74) is 2.32. The second-order valence-electron chi connectivity index (χ2n) is 8.91. The summed E-state index contributed by atoms with van der Waals surface area (Å²) >= 11 is 0. The maximum atomic E-state index is 15.3. The van der Waals surface area contributed by atoms with Crippen molar-refractivity contribution in [3.8, 4) is 0 Å². The minimum absolute atomic E-state index is 0.306. The first-order valence-electron chi connectivity index (χ1n) is 11.6. The van der Waals surface area contributed by atoms with Crippen molar-refractivity contribution in [2.24, 2.45) is 0 Å². The number of ether oxygens (including phenoxy) is 2. The van der Waals surface area contributed by atoms with Gasteiger partial charge in [-0.25, -0.2) is 18.4 Å². The predicted molar refractivity (Wildman–Crippen MR) is 128 cm³/mol. The molecule has 178 valence electrons. The molecule has 3 aliphatic carbocycles. The van der Waals surface area contributed by atoms with E-state index in [-0.39, 0.29) is 0 Å². The Morgan fingerprint density at radius 3 is 1.31 bits per heavy atom. The molecule has 3 aliphatic rings. The fourth-order valence-corrected chi connectivity index (χ4v) is 5.48. The number of hydrogen-bond donors (Lipinski definition) is 0. The van der Waals surface area contributed by atoms with Crippen LogP contribution in [0.15, 0.2) is 97.1 Å². The van der Waals surface area contributed by atoms with Gasteiger partial charge >= 0.3 is 11.9 Å². The Kier molecular flexibility index (Phi) is 5.37. The SMILES string of the molecule is O=C(OC1C(OC(=O)c2ccccc2)[C@H]2c3cccc(F)c3[C@H]1c1cccc(F)c12)c1ccccc1. The number of halogens is 2. The standard InChI is InChI=1S/C30H20F2O4/c31-21-15-8-14-20-23(21)25-19-13-7-16-22(32)24(19)26(20)28(36-30(34)18-11-5-2-6-12-18)27(25)35-29(33)17-9-3-1-4-10-17/h1-16,25-28H/t25-,26+,27?,28?. The second-order valence-corrected chi connectivity index (χ2v) is 8.91. The number of rotatable bonds is 4. The van der Waals surface area contributed by atoms with Gasteiger partial charge < -0.3 is 9.47 Å². The molecule has 0 saturated carbocycles. The fourth-order valence-electron chi connectivity index (χ4n) is 5.48. The van der Waals surface area contributed by atoms with Crippen LogP contribution in [0.3, 0.4) is 0 Å². The van der Waals surface area contributed by atoms with Crippen molar-refractivity contribution < 1.29 is 27.8 Å². The molecule has 0 spiro atoms. The lowest BCUT2D eigenvalue weighted by Gasteiger charge is -2.49. The van der Waals surface area contributed by atoms with Crippen LogP contribution in [-0.4, -0.2) is 24.1 Å². The van der Waals surface area contributed by atoms with E-state index in [1.807, 2.05) is 0 Å². The van der Waals surface area contributed by atoms with Gasteiger partial charge in [-0.1, -0.05) is 60.7 Å². The molecule has 0 amide bonds. The fraction of sp³-hybridized carbons (Fsp3) is 0.133. The van der Waals surface area contributed by atoms with Crippen LogP contribution in [0.5, 0.6) is 0 Å². The zero-order valence-electron chi connectivity index (χ0n) is 18.9. The molecule has 0 aliphatic heterocycles. The van der Waals surface area contributed by atoms with Crippen LogP contribution in [0.25, 0.3) is 0 Å². The first kappa shape index (κ1) is 22.2. The molecule has 2 bridgehead atoms. The van der Waals surface area contributed by atoms with E-state index in [4.69, 9.17) is 9.47 Å². The van der Waals surface area contributed by atoms with Gasteiger partial charge in [0.2, 0.25) is 0 Å². The van der Waals surface area contributed by atoms with E-state index in [1.165, 1.54) is 12.1 Å². The quantitative estimate of drug-likeness (QED) is 0.335. The molecule has 0 heterocycles. The Morgan fingerprint density at radius 1 is 0.528 bits per heavy atom. The van der Waals surface area contributed by atoms with Crippen molar-refractivity contribution in [2.75, 3.05) is 0 Å². The number of fused-ring (bicyclic) bond motifs is 1. The van der Waals surface area contributed by atoms with Gasteiger partial charge in [0.15, 0.2) is 12.2 Å². The van der Waals surface area contributed by atoms with E-state index in [0.717, 1.165) is 0 Å². The smallest absolute Gasteiger partial charge is 0.338 e. The van der Waals surface area contributed by atoms with Gasteiger partial charge in [-0.05, 0) is 47.5 Å². The van der Waals surface area contributed by atoms with Gasteiger partial charge in [-0.2, -0.15) is 0 Å². The third kappa shape index (κ3) is 3.49. The molecule has 4 aromatic rings. The summed E-state index contributed by atoms with van der Waals surface area (Å²) in [4.78, 5) is 26.3. The van der Waals surface area contributed by atoms with Gasteiger partial charge in [0.1, 0.15) is 11.6 Å². The highest BCUT2D eigenvalue weighted by atomic mass is 19.1. The van der Waals surface area contributed by atoms with Gasteiger partial charge in [-0.3, -0.25) is 0 Å². The molecule has 0 aromatic heterocycles. The summed E-state index contributed by atoms with van der Waals surface area (Å²) in [7, 11) is 0. The van der Waals surface area contributed by atoms with Gasteiger partial charge in [0.25, 0.3) is 0 Å². The summed E-state index contributed by atoms with van der Waals surface area (Å²) in [6.07, 6.45) is -2.12. The number of esters is 2. The van der Waals surface area contributed by atoms with Crippen LogP contribution in [0, 0.1) is 11.6 Å². The molecule has 6 heteroatoms. The lowest BCUT2D eigenvalue weighted by atomic mass is 9.60. The summed E-state index contributed by atoms with van der Waals surface area (Å²) < 4.78 is 42.5. The lowest BCUT2D eigenvalue weighted by Crippen LogP contribution is -2.52. The predicted octanol–water partition coefficient (Wildman–Crippen LogP) is 6.01. The topological polar surface area (TPSA) is 52.6 Å². The molecule has 0 saturated heterocycles. The molecule has 0 N–H and O–H groups in total. The molecule has 0 radical (unpaired) electrons. The first-order valence-corrected chi connectivity index (χ1v) is 11.6. The Morgan fingerprint density at radius 2 is 0.917 bits per heavy atom. The summed E-state index contributed by atoms with van der Waals surface area (Å²) in [6.45, 7) is 0. The summed E-state index contributed by atoms with van der Waals surface area (Å²) in [6, 6.07) is 26.0. The van der Waals surface area contributed by atoms with Crippen molar-refractivity contribution >= 4 is 11.9 Å². The Balaban J connectivity index is 1.51. The normalized spacial score (nSPS) is 21.3. The molecule has 4 nitrogen and oxygen atoms in total. The number of carbonyl (C=O) groups is 2. The molecule has 0 fully saturated rings. The Bertz CT molecular complexity index is 1360. The van der Waals surface area contributed by atoms with Crippen LogP contribution in [-0.2, 0) is 9.47 Å². The summed E-state index contributed by atoms with van der Waals surface area (Å²) in [5, 5.41) is 0. The number of carbonyl (C=O) groups excluding carboxylic acids is 2. The third-order valence-electron chi connectivity index (χ3n) is 6.95. The number of hydrogen-bond acceptors (Lipinski definition) is 4. The van der Waals surface area contributed by atoms with Crippen LogP contribution < -0.4 is 0 Å². The molecule has 2 unspecified atom stereocenters. The van der Waals surface area contributed by atoms with Gasteiger partial charge in [-0.15, -0.1) is 0 Å². The first-order chi connectivity index (χ1) is 17.5. The van der Waals surface area contributed by atoms with E-state index in [9.17, 15) is 9.59 Å². The van der Waals surface area contributed by atoms with E-state index >= 15 is 8.78 Å². The zero-order chi connectivity index (χ0) is 24.8. The monoisotopic (exact) mass is 482 g/mol. The zero-order valence-corrected chi connectivity index (χ0v) is 18.9. The minimum Gasteiger partial charge on any atom is -0.454 e. The molecule has 4 atom stereocenters. The summed E-state index contributed by atoms with van der Waals surface area (Å²) in [5.74, 6) is -3.93. The minimum atomic E-state index is -1.06. The maximum Gasteiger partial charge on any atom is 0.338 e. The maximum absolute atomic E-state index is 15.3. The van der Waals surface area contributed by atoms with Crippen molar-refractivity contribution in [3.63, 3.8) is 0 Å². The van der Waals surface area contributed by atoms with E-state index in [2.05, 4.69) is 0 Å². The second kappa shape index (κ2) is 8.72. The molecule has 36 heavy (non-hydrogen) atoms. The van der Waals surface area contributed by atoms with Crippen LogP contribution >= 0.6 is 0 Å². The van der Waals surface area contributed by atoms with Crippen LogP contribution in [0.1, 0.15) is 54.8 Å². The van der Waals surface area contributed by atoms with Crippen molar-refractivity contribution in [1.29, 1.82) is 0 Å². The largest absolute Gasteiger partial charge is 0.454 e. The molecular formula is C30H20F2O4. The Labute approximate surface area is 206 Å². The van der Waals surface area contributed by atoms with E-state index in [0.29, 0.717) is 33.4 Å². The van der Waals surface area contributed by atoms with Crippen LogP contribution in [0.2, 0.25) is 0 Å². The molecular weight excluding hydrogens is 462 g/mol. The average molecular weight is 482 g/mol. The number of benzene rings is 4. The highest BCUT2D eigenvalue weighted by Crippen LogP contribution is 2.56. The van der Waals surface area contributed by atoms with Crippen molar-refractivity contribution in [1.82, 2.24) is 0 Å². The third-order valence-corrected chi connectivity index (χ3v) is 6.95. The van der Waals surface area contributed by atoms with Crippen LogP contribution in [0.4, 0.5) is 8.78 Å². The Hall–Kier alpha value is -4.32. The van der Waals surface area contributed by atoms with Gasteiger partial charge in [0, 0.05) is 11.1 Å². The van der Waals surface area contributed by atoms with Gasteiger partial charge in [0.05, 0.1) is 23.0 Å². The molecule has 4 aromatic carbocycles. The lowest BCUT2D eigenvalue weighted by molar-refractivity contribution is -0.0567. The molecule has 7 rings (SSSR count). The van der Waals surface area contributed by atoms with Crippen molar-refractivity contribution in [2.45, 2.75) is 24.0 Å². The van der Waals surface area contributed by atoms with Crippen molar-refractivity contribution in [3.05, 3.63) is 142 Å². The van der Waals surface area contributed by atoms with E-state index < -0.39 is 47.6 Å². The van der Waals surface area contributed by atoms with E-state index in [1.54, 1.807) is 84.9 Å².